The highest BCUT2D eigenvalue weighted by Gasteiger charge is 2.18. The molecule has 1 heterocycles. The van der Waals surface area contributed by atoms with Crippen LogP contribution in [0.1, 0.15) is 56.6 Å². The highest BCUT2D eigenvalue weighted by Crippen LogP contribution is 2.23. The quantitative estimate of drug-likeness (QED) is 0.623. The number of benzene rings is 1. The maximum absolute atomic E-state index is 12.4. The molecule has 0 fully saturated rings. The number of carbonyl (C=O) groups excluding carboxylic acids is 2. The minimum atomic E-state index is -0.428. The maximum atomic E-state index is 12.4. The van der Waals surface area contributed by atoms with Crippen LogP contribution in [0.4, 0.5) is 0 Å². The van der Waals surface area contributed by atoms with Crippen LogP contribution in [-0.2, 0) is 24.1 Å². The van der Waals surface area contributed by atoms with E-state index in [1.54, 1.807) is 6.07 Å². The SMILES string of the molecule is CCn1c(C)cc(C(=O)COC(=O)c2ccc3c(c2)CCC3)c1C. The lowest BCUT2D eigenvalue weighted by molar-refractivity contribution is 0.0474. The summed E-state index contributed by atoms with van der Waals surface area (Å²) in [5, 5.41) is 0. The van der Waals surface area contributed by atoms with Gasteiger partial charge >= 0.3 is 5.97 Å². The van der Waals surface area contributed by atoms with Crippen molar-refractivity contribution in [3.05, 3.63) is 57.9 Å². The number of aromatic nitrogens is 1. The zero-order valence-corrected chi connectivity index (χ0v) is 14.5. The molecule has 1 aliphatic rings. The van der Waals surface area contributed by atoms with E-state index in [9.17, 15) is 9.59 Å². The topological polar surface area (TPSA) is 48.3 Å². The van der Waals surface area contributed by atoms with E-state index < -0.39 is 5.97 Å². The highest BCUT2D eigenvalue weighted by atomic mass is 16.5. The van der Waals surface area contributed by atoms with Crippen molar-refractivity contribution < 1.29 is 14.3 Å². The van der Waals surface area contributed by atoms with Gasteiger partial charge in [-0.2, -0.15) is 0 Å². The van der Waals surface area contributed by atoms with Gasteiger partial charge in [0.15, 0.2) is 6.61 Å². The van der Waals surface area contributed by atoms with Crippen LogP contribution in [-0.4, -0.2) is 22.9 Å². The van der Waals surface area contributed by atoms with E-state index in [0.29, 0.717) is 11.1 Å². The summed E-state index contributed by atoms with van der Waals surface area (Å²) in [6.07, 6.45) is 3.23. The fourth-order valence-corrected chi connectivity index (χ4v) is 3.56. The molecular formula is C20H23NO3. The molecule has 0 saturated heterocycles. The normalized spacial score (nSPS) is 13.0. The van der Waals surface area contributed by atoms with E-state index in [-0.39, 0.29) is 12.4 Å². The Labute approximate surface area is 142 Å². The summed E-state index contributed by atoms with van der Waals surface area (Å²) in [6.45, 7) is 6.54. The van der Waals surface area contributed by atoms with Crippen LogP contribution in [0.25, 0.3) is 0 Å². The first-order chi connectivity index (χ1) is 11.5. The monoisotopic (exact) mass is 325 g/mol. The van der Waals surface area contributed by atoms with E-state index >= 15 is 0 Å². The van der Waals surface area contributed by atoms with E-state index in [0.717, 1.165) is 37.2 Å². The largest absolute Gasteiger partial charge is 0.454 e. The maximum Gasteiger partial charge on any atom is 0.338 e. The van der Waals surface area contributed by atoms with Crippen LogP contribution in [0.3, 0.4) is 0 Å². The van der Waals surface area contributed by atoms with Crippen LogP contribution < -0.4 is 0 Å². The zero-order valence-electron chi connectivity index (χ0n) is 14.5. The van der Waals surface area contributed by atoms with Gasteiger partial charge in [-0.05, 0) is 69.4 Å². The van der Waals surface area contributed by atoms with Crippen molar-refractivity contribution in [2.75, 3.05) is 6.61 Å². The number of hydrogen-bond donors (Lipinski definition) is 0. The number of nitrogens with zero attached hydrogens (tertiary/aromatic N) is 1. The predicted octanol–water partition coefficient (Wildman–Crippen LogP) is 3.65. The predicted molar refractivity (Wildman–Crippen MR) is 92.7 cm³/mol. The molecule has 0 spiro atoms. The molecular weight excluding hydrogens is 302 g/mol. The minimum absolute atomic E-state index is 0.155. The Morgan fingerprint density at radius 2 is 1.88 bits per heavy atom. The molecule has 0 N–H and O–H groups in total. The summed E-state index contributed by atoms with van der Waals surface area (Å²) in [6, 6.07) is 7.55. The Balaban J connectivity index is 1.67. The number of fused-ring (bicyclic) bond motifs is 1. The number of aryl methyl sites for hydroxylation is 3. The van der Waals surface area contributed by atoms with Gasteiger partial charge < -0.3 is 9.30 Å². The standard InChI is InChI=1S/C20H23NO3/c1-4-21-13(2)10-18(14(21)3)19(22)12-24-20(23)17-9-8-15-6-5-7-16(15)11-17/h8-11H,4-7,12H2,1-3H3. The van der Waals surface area contributed by atoms with Gasteiger partial charge in [-0.15, -0.1) is 0 Å². The Bertz CT molecular complexity index is 801. The van der Waals surface area contributed by atoms with E-state index in [1.807, 2.05) is 39.0 Å². The van der Waals surface area contributed by atoms with Crippen molar-refractivity contribution in [2.24, 2.45) is 0 Å². The van der Waals surface area contributed by atoms with Crippen molar-refractivity contribution in [2.45, 2.75) is 46.6 Å². The van der Waals surface area contributed by atoms with Crippen molar-refractivity contribution in [3.8, 4) is 0 Å². The lowest BCUT2D eigenvalue weighted by Crippen LogP contribution is -2.15. The van der Waals surface area contributed by atoms with Gasteiger partial charge in [-0.3, -0.25) is 4.79 Å². The summed E-state index contributed by atoms with van der Waals surface area (Å²) in [7, 11) is 0. The molecule has 126 valence electrons. The van der Waals surface area contributed by atoms with Crippen LogP contribution in [0, 0.1) is 13.8 Å². The highest BCUT2D eigenvalue weighted by molar-refractivity contribution is 6.00. The van der Waals surface area contributed by atoms with Gasteiger partial charge in [-0.25, -0.2) is 4.79 Å². The molecule has 4 heteroatoms. The second-order valence-electron chi connectivity index (χ2n) is 6.37. The fourth-order valence-electron chi connectivity index (χ4n) is 3.56. The molecule has 0 radical (unpaired) electrons. The summed E-state index contributed by atoms with van der Waals surface area (Å²) < 4.78 is 7.32. The first-order valence-electron chi connectivity index (χ1n) is 8.50. The molecule has 2 aromatic rings. The van der Waals surface area contributed by atoms with Gasteiger partial charge in [0.2, 0.25) is 5.78 Å². The molecule has 0 unspecified atom stereocenters. The van der Waals surface area contributed by atoms with Gasteiger partial charge in [-0.1, -0.05) is 6.07 Å². The Kier molecular flexibility index (Phi) is 4.56. The average molecular weight is 325 g/mol. The summed E-state index contributed by atoms with van der Waals surface area (Å²) in [4.78, 5) is 24.6. The number of rotatable bonds is 5. The molecule has 0 saturated carbocycles. The number of Topliss-reactive ketones (excluding diaryl/α,β-unsaturated/α-hetero) is 1. The molecule has 0 amide bonds. The van der Waals surface area contributed by atoms with Crippen molar-refractivity contribution in [3.63, 3.8) is 0 Å². The number of esters is 1. The number of ketones is 1. The third kappa shape index (κ3) is 3.01. The van der Waals surface area contributed by atoms with Gasteiger partial charge in [0.05, 0.1) is 5.56 Å². The van der Waals surface area contributed by atoms with Gasteiger partial charge in [0, 0.05) is 23.5 Å². The second-order valence-corrected chi connectivity index (χ2v) is 6.37. The summed E-state index contributed by atoms with van der Waals surface area (Å²) in [5.74, 6) is -0.584. The zero-order chi connectivity index (χ0) is 17.3. The van der Waals surface area contributed by atoms with E-state index in [2.05, 4.69) is 4.57 Å². The molecule has 1 aromatic carbocycles. The molecule has 1 aromatic heterocycles. The number of ether oxygens (including phenoxy) is 1. The van der Waals surface area contributed by atoms with Crippen LogP contribution >= 0.6 is 0 Å². The molecule has 4 nitrogen and oxygen atoms in total. The van der Waals surface area contributed by atoms with Crippen molar-refractivity contribution in [1.82, 2.24) is 4.57 Å². The van der Waals surface area contributed by atoms with Gasteiger partial charge in [0.1, 0.15) is 0 Å². The third-order valence-electron chi connectivity index (χ3n) is 4.86. The Morgan fingerprint density at radius 3 is 2.58 bits per heavy atom. The second kappa shape index (κ2) is 6.63. The fraction of sp³-hybridized carbons (Fsp3) is 0.400. The molecule has 3 rings (SSSR count). The number of carbonyl (C=O) groups is 2. The Morgan fingerprint density at radius 1 is 1.12 bits per heavy atom. The lowest BCUT2D eigenvalue weighted by Gasteiger charge is -2.07. The molecule has 0 aliphatic heterocycles. The van der Waals surface area contributed by atoms with Crippen LogP contribution in [0.2, 0.25) is 0 Å². The first-order valence-corrected chi connectivity index (χ1v) is 8.50. The average Bonchev–Trinajstić information content (AvgIpc) is 3.15. The number of hydrogen-bond acceptors (Lipinski definition) is 3. The third-order valence-corrected chi connectivity index (χ3v) is 4.86. The lowest BCUT2D eigenvalue weighted by atomic mass is 10.1. The Hall–Kier alpha value is -2.36. The minimum Gasteiger partial charge on any atom is -0.454 e. The van der Waals surface area contributed by atoms with Crippen LogP contribution in [0.5, 0.6) is 0 Å². The van der Waals surface area contributed by atoms with Crippen LogP contribution in [0.15, 0.2) is 24.3 Å². The molecule has 1 aliphatic carbocycles. The summed E-state index contributed by atoms with van der Waals surface area (Å²) in [5.41, 5.74) is 5.67. The van der Waals surface area contributed by atoms with Crippen molar-refractivity contribution >= 4 is 11.8 Å². The molecule has 0 bridgehead atoms. The van der Waals surface area contributed by atoms with Crippen molar-refractivity contribution in [1.29, 1.82) is 0 Å². The molecule has 24 heavy (non-hydrogen) atoms. The molecule has 0 atom stereocenters. The van der Waals surface area contributed by atoms with E-state index in [1.165, 1.54) is 11.1 Å². The van der Waals surface area contributed by atoms with E-state index in [4.69, 9.17) is 4.74 Å². The smallest absolute Gasteiger partial charge is 0.338 e. The van der Waals surface area contributed by atoms with Gasteiger partial charge in [0.25, 0.3) is 0 Å². The summed E-state index contributed by atoms with van der Waals surface area (Å²) >= 11 is 0. The first kappa shape index (κ1) is 16.5.